The van der Waals surface area contributed by atoms with Gasteiger partial charge in [0.25, 0.3) is 0 Å². The van der Waals surface area contributed by atoms with Crippen molar-refractivity contribution >= 4 is 6.03 Å². The van der Waals surface area contributed by atoms with Gasteiger partial charge in [-0.2, -0.15) is 4.98 Å². The Bertz CT molecular complexity index is 713. The number of nitrogens with one attached hydrogen (secondary N) is 1. The molecule has 24 heavy (non-hydrogen) atoms. The number of amides is 2. The summed E-state index contributed by atoms with van der Waals surface area (Å²) in [7, 11) is 0. The van der Waals surface area contributed by atoms with Gasteiger partial charge < -0.3 is 14.7 Å². The van der Waals surface area contributed by atoms with E-state index in [2.05, 4.69) is 22.4 Å². The minimum atomic E-state index is -0.140. The second-order valence-electron chi connectivity index (χ2n) is 6.38. The number of carbonyl (C=O) groups excluding carboxylic acids is 1. The van der Waals surface area contributed by atoms with Crippen LogP contribution in [0.15, 0.2) is 28.8 Å². The van der Waals surface area contributed by atoms with E-state index in [1.807, 2.05) is 38.1 Å². The summed E-state index contributed by atoms with van der Waals surface area (Å²) in [5, 5.41) is 7.13. The average Bonchev–Trinajstić information content (AvgIpc) is 3.24. The Morgan fingerprint density at radius 2 is 2.25 bits per heavy atom. The second kappa shape index (κ2) is 7.03. The van der Waals surface area contributed by atoms with Gasteiger partial charge in [-0.25, -0.2) is 4.79 Å². The van der Waals surface area contributed by atoms with E-state index < -0.39 is 0 Å². The van der Waals surface area contributed by atoms with Crippen LogP contribution < -0.4 is 5.32 Å². The van der Waals surface area contributed by atoms with Crippen LogP contribution >= 0.6 is 0 Å². The largest absolute Gasteiger partial charge is 0.337 e. The highest BCUT2D eigenvalue weighted by Gasteiger charge is 2.34. The lowest BCUT2D eigenvalue weighted by Gasteiger charge is -2.24. The first-order chi connectivity index (χ1) is 11.6. The monoisotopic (exact) mass is 328 g/mol. The van der Waals surface area contributed by atoms with Crippen molar-refractivity contribution in [3.8, 4) is 11.4 Å². The number of benzene rings is 1. The van der Waals surface area contributed by atoms with Crippen LogP contribution in [0.2, 0.25) is 0 Å². The molecule has 2 amide bonds. The van der Waals surface area contributed by atoms with Crippen LogP contribution in [0.4, 0.5) is 4.79 Å². The molecule has 2 atom stereocenters. The molecule has 1 aliphatic heterocycles. The van der Waals surface area contributed by atoms with E-state index in [1.165, 1.54) is 0 Å². The quantitative estimate of drug-likeness (QED) is 0.929. The van der Waals surface area contributed by atoms with Gasteiger partial charge in [-0.3, -0.25) is 0 Å². The standard InChI is InChI=1S/C18H24N4O2/c1-4-13(3)19-18(23)22-11-7-10-15(22)17-20-16(21-24-17)14-9-6-5-8-12(14)2/h5-6,8-9,13,15H,4,7,10-11H2,1-3H3,(H,19,23). The summed E-state index contributed by atoms with van der Waals surface area (Å²) in [6, 6.07) is 7.90. The Morgan fingerprint density at radius 3 is 3.00 bits per heavy atom. The molecule has 2 unspecified atom stereocenters. The maximum atomic E-state index is 12.5. The molecular weight excluding hydrogens is 304 g/mol. The van der Waals surface area contributed by atoms with Gasteiger partial charge in [-0.15, -0.1) is 0 Å². The number of hydrogen-bond donors (Lipinski definition) is 1. The van der Waals surface area contributed by atoms with E-state index in [9.17, 15) is 4.79 Å². The van der Waals surface area contributed by atoms with E-state index in [-0.39, 0.29) is 18.1 Å². The smallest absolute Gasteiger partial charge is 0.318 e. The van der Waals surface area contributed by atoms with Crippen molar-refractivity contribution in [2.75, 3.05) is 6.54 Å². The van der Waals surface area contributed by atoms with Gasteiger partial charge in [0, 0.05) is 18.2 Å². The van der Waals surface area contributed by atoms with Crippen molar-refractivity contribution in [1.82, 2.24) is 20.4 Å². The fourth-order valence-corrected chi connectivity index (χ4v) is 2.97. The molecule has 0 bridgehead atoms. The molecule has 0 spiro atoms. The number of nitrogens with zero attached hydrogens (tertiary/aromatic N) is 3. The van der Waals surface area contributed by atoms with Gasteiger partial charge >= 0.3 is 6.03 Å². The van der Waals surface area contributed by atoms with Crippen molar-refractivity contribution in [2.45, 2.75) is 52.1 Å². The lowest BCUT2D eigenvalue weighted by Crippen LogP contribution is -2.43. The van der Waals surface area contributed by atoms with Crippen LogP contribution in [-0.4, -0.2) is 33.7 Å². The van der Waals surface area contributed by atoms with Crippen LogP contribution in [0.5, 0.6) is 0 Å². The van der Waals surface area contributed by atoms with E-state index in [4.69, 9.17) is 4.52 Å². The molecule has 0 radical (unpaired) electrons. The van der Waals surface area contributed by atoms with Crippen molar-refractivity contribution in [1.29, 1.82) is 0 Å². The zero-order valence-corrected chi connectivity index (χ0v) is 14.5. The zero-order chi connectivity index (χ0) is 17.1. The first-order valence-electron chi connectivity index (χ1n) is 8.57. The lowest BCUT2D eigenvalue weighted by molar-refractivity contribution is 0.177. The molecule has 1 aliphatic rings. The molecule has 1 aromatic carbocycles. The van der Waals surface area contributed by atoms with E-state index in [0.29, 0.717) is 11.7 Å². The molecule has 1 N–H and O–H groups in total. The third-order valence-electron chi connectivity index (χ3n) is 4.61. The van der Waals surface area contributed by atoms with Crippen LogP contribution in [0, 0.1) is 6.92 Å². The molecule has 0 aliphatic carbocycles. The van der Waals surface area contributed by atoms with Crippen molar-refractivity contribution in [3.05, 3.63) is 35.7 Å². The first kappa shape index (κ1) is 16.5. The summed E-state index contributed by atoms with van der Waals surface area (Å²) in [6.45, 7) is 6.80. The highest BCUT2D eigenvalue weighted by molar-refractivity contribution is 5.75. The molecule has 3 rings (SSSR count). The second-order valence-corrected chi connectivity index (χ2v) is 6.38. The van der Waals surface area contributed by atoms with Crippen LogP contribution in [0.25, 0.3) is 11.4 Å². The maximum Gasteiger partial charge on any atom is 0.318 e. The molecule has 1 saturated heterocycles. The van der Waals surface area contributed by atoms with Gasteiger partial charge in [0.15, 0.2) is 0 Å². The van der Waals surface area contributed by atoms with Crippen molar-refractivity contribution in [2.24, 2.45) is 0 Å². The summed E-state index contributed by atoms with van der Waals surface area (Å²) < 4.78 is 5.49. The van der Waals surface area contributed by atoms with Gasteiger partial charge in [0.1, 0.15) is 6.04 Å². The van der Waals surface area contributed by atoms with Crippen LogP contribution in [-0.2, 0) is 0 Å². The number of rotatable bonds is 4. The van der Waals surface area contributed by atoms with Gasteiger partial charge in [0.2, 0.25) is 11.7 Å². The Labute approximate surface area is 142 Å². The number of aromatic nitrogens is 2. The van der Waals surface area contributed by atoms with Gasteiger partial charge in [-0.1, -0.05) is 36.3 Å². The van der Waals surface area contributed by atoms with E-state index in [0.717, 1.165) is 36.9 Å². The zero-order valence-electron chi connectivity index (χ0n) is 14.5. The predicted molar refractivity (Wildman–Crippen MR) is 91.4 cm³/mol. The fourth-order valence-electron chi connectivity index (χ4n) is 2.97. The fraction of sp³-hybridized carbons (Fsp3) is 0.500. The Hall–Kier alpha value is -2.37. The third kappa shape index (κ3) is 3.27. The molecule has 2 heterocycles. The number of likely N-dealkylation sites (tertiary alicyclic amines) is 1. The van der Waals surface area contributed by atoms with Crippen molar-refractivity contribution in [3.63, 3.8) is 0 Å². The lowest BCUT2D eigenvalue weighted by atomic mass is 10.1. The molecule has 6 heteroatoms. The summed E-state index contributed by atoms with van der Waals surface area (Å²) in [5.41, 5.74) is 2.06. The van der Waals surface area contributed by atoms with E-state index >= 15 is 0 Å². The number of aryl methyl sites for hydroxylation is 1. The molecule has 1 fully saturated rings. The van der Waals surface area contributed by atoms with Crippen LogP contribution in [0.1, 0.15) is 50.6 Å². The molecule has 128 valence electrons. The third-order valence-corrected chi connectivity index (χ3v) is 4.61. The molecule has 1 aromatic heterocycles. The molecule has 2 aromatic rings. The SMILES string of the molecule is CCC(C)NC(=O)N1CCCC1c1nc(-c2ccccc2C)no1. The Kier molecular flexibility index (Phi) is 4.83. The summed E-state index contributed by atoms with van der Waals surface area (Å²) in [6.07, 6.45) is 2.70. The van der Waals surface area contributed by atoms with Gasteiger partial charge in [0.05, 0.1) is 0 Å². The van der Waals surface area contributed by atoms with Crippen LogP contribution in [0.3, 0.4) is 0 Å². The van der Waals surface area contributed by atoms with Crippen molar-refractivity contribution < 1.29 is 9.32 Å². The Morgan fingerprint density at radius 1 is 1.46 bits per heavy atom. The average molecular weight is 328 g/mol. The minimum Gasteiger partial charge on any atom is -0.337 e. The Balaban J connectivity index is 1.79. The topological polar surface area (TPSA) is 71.3 Å². The number of hydrogen-bond acceptors (Lipinski definition) is 4. The van der Waals surface area contributed by atoms with E-state index in [1.54, 1.807) is 4.90 Å². The predicted octanol–water partition coefficient (Wildman–Crippen LogP) is 3.69. The normalized spacial score (nSPS) is 18.6. The summed E-state index contributed by atoms with van der Waals surface area (Å²) >= 11 is 0. The highest BCUT2D eigenvalue weighted by atomic mass is 16.5. The molecule has 0 saturated carbocycles. The number of urea groups is 1. The summed E-state index contributed by atoms with van der Waals surface area (Å²) in [5.74, 6) is 1.10. The molecular formula is C18H24N4O2. The number of carbonyl (C=O) groups is 1. The highest BCUT2D eigenvalue weighted by Crippen LogP contribution is 2.32. The summed E-state index contributed by atoms with van der Waals surface area (Å²) in [4.78, 5) is 18.8. The minimum absolute atomic E-state index is 0.0532. The first-order valence-corrected chi connectivity index (χ1v) is 8.57. The maximum absolute atomic E-state index is 12.5. The molecule has 6 nitrogen and oxygen atoms in total. The van der Waals surface area contributed by atoms with Gasteiger partial charge in [-0.05, 0) is 38.7 Å².